The highest BCUT2D eigenvalue weighted by Gasteiger charge is 2.27. The monoisotopic (exact) mass is 252 g/mol. The van der Waals surface area contributed by atoms with Crippen molar-refractivity contribution in [1.82, 2.24) is 20.3 Å². The average molecular weight is 252 g/mol. The lowest BCUT2D eigenvalue weighted by Crippen LogP contribution is -2.29. The molecule has 1 aromatic heterocycles. The number of nitrogens with one attached hydrogen (secondary N) is 1. The lowest BCUT2D eigenvalue weighted by Gasteiger charge is -2.23. The predicted octanol–water partition coefficient (Wildman–Crippen LogP) is 1.10. The molecule has 1 aromatic rings. The van der Waals surface area contributed by atoms with Crippen molar-refractivity contribution in [3.05, 3.63) is 11.4 Å². The first kappa shape index (κ1) is 13.0. The number of hydrogen-bond acceptors (Lipinski definition) is 4. The molecule has 0 saturated carbocycles. The molecule has 6 nitrogen and oxygen atoms in total. The van der Waals surface area contributed by atoms with Crippen molar-refractivity contribution in [3.8, 4) is 0 Å². The van der Waals surface area contributed by atoms with E-state index in [9.17, 15) is 9.90 Å². The Morgan fingerprint density at radius 2 is 2.17 bits per heavy atom. The normalized spacial score (nSPS) is 17.3. The lowest BCUT2D eigenvalue weighted by molar-refractivity contribution is 0.0688. The van der Waals surface area contributed by atoms with Crippen molar-refractivity contribution in [2.45, 2.75) is 39.2 Å². The molecule has 1 aliphatic rings. The van der Waals surface area contributed by atoms with Gasteiger partial charge in [-0.2, -0.15) is 0 Å². The first-order valence-corrected chi connectivity index (χ1v) is 6.47. The second kappa shape index (κ2) is 5.48. The standard InChI is InChI=1S/C12H20N4O2/c1-8(2)7-16-11(9-3-5-13-6-4-9)10(12(17)18)14-15-16/h8-9,13H,3-7H2,1-2H3,(H,17,18). The Kier molecular flexibility index (Phi) is 3.96. The first-order chi connectivity index (χ1) is 8.59. The van der Waals surface area contributed by atoms with E-state index in [2.05, 4.69) is 29.5 Å². The van der Waals surface area contributed by atoms with Crippen LogP contribution >= 0.6 is 0 Å². The summed E-state index contributed by atoms with van der Waals surface area (Å²) < 4.78 is 1.78. The fourth-order valence-corrected chi connectivity index (χ4v) is 2.45. The summed E-state index contributed by atoms with van der Waals surface area (Å²) in [5, 5.41) is 20.4. The smallest absolute Gasteiger partial charge is 0.358 e. The second-order valence-electron chi connectivity index (χ2n) is 5.23. The number of piperidine rings is 1. The Morgan fingerprint density at radius 1 is 1.50 bits per heavy atom. The van der Waals surface area contributed by atoms with Gasteiger partial charge in [0.05, 0.1) is 5.69 Å². The minimum atomic E-state index is -0.974. The number of carboxylic acid groups (broad SMARTS) is 1. The second-order valence-corrected chi connectivity index (χ2v) is 5.23. The number of hydrogen-bond donors (Lipinski definition) is 2. The SMILES string of the molecule is CC(C)Cn1nnc(C(=O)O)c1C1CCNCC1. The van der Waals surface area contributed by atoms with Crippen LogP contribution in [-0.2, 0) is 6.54 Å². The summed E-state index contributed by atoms with van der Waals surface area (Å²) in [6, 6.07) is 0. The molecule has 0 bridgehead atoms. The molecule has 1 aliphatic heterocycles. The molecular formula is C12H20N4O2. The molecule has 0 aromatic carbocycles. The topological polar surface area (TPSA) is 80.0 Å². The van der Waals surface area contributed by atoms with E-state index in [-0.39, 0.29) is 11.6 Å². The van der Waals surface area contributed by atoms with Gasteiger partial charge in [0.15, 0.2) is 5.69 Å². The quantitative estimate of drug-likeness (QED) is 0.838. The number of carbonyl (C=O) groups is 1. The van der Waals surface area contributed by atoms with Crippen LogP contribution in [0, 0.1) is 5.92 Å². The zero-order valence-corrected chi connectivity index (χ0v) is 10.9. The third kappa shape index (κ3) is 2.69. The van der Waals surface area contributed by atoms with Gasteiger partial charge in [-0.3, -0.25) is 0 Å². The molecule has 0 spiro atoms. The van der Waals surface area contributed by atoms with Crippen molar-refractivity contribution < 1.29 is 9.90 Å². The Labute approximate surface area is 106 Å². The molecule has 0 aliphatic carbocycles. The molecule has 100 valence electrons. The van der Waals surface area contributed by atoms with E-state index in [1.807, 2.05) is 0 Å². The van der Waals surface area contributed by atoms with Gasteiger partial charge in [0.25, 0.3) is 0 Å². The summed E-state index contributed by atoms with van der Waals surface area (Å²) in [5.41, 5.74) is 0.931. The van der Waals surface area contributed by atoms with Crippen LogP contribution in [0.5, 0.6) is 0 Å². The zero-order chi connectivity index (χ0) is 13.1. The summed E-state index contributed by atoms with van der Waals surface area (Å²) in [4.78, 5) is 11.2. The van der Waals surface area contributed by atoms with Crippen LogP contribution in [0.4, 0.5) is 0 Å². The van der Waals surface area contributed by atoms with Crippen molar-refractivity contribution >= 4 is 5.97 Å². The molecular weight excluding hydrogens is 232 g/mol. The van der Waals surface area contributed by atoms with Gasteiger partial charge < -0.3 is 10.4 Å². The molecule has 1 saturated heterocycles. The molecule has 2 rings (SSSR count). The van der Waals surface area contributed by atoms with Gasteiger partial charge in [0.1, 0.15) is 0 Å². The fourth-order valence-electron chi connectivity index (χ4n) is 2.45. The summed E-state index contributed by atoms with van der Waals surface area (Å²) in [5.74, 6) is -0.293. The molecule has 0 radical (unpaired) electrons. The van der Waals surface area contributed by atoms with Gasteiger partial charge in [0, 0.05) is 12.5 Å². The third-order valence-electron chi connectivity index (χ3n) is 3.24. The summed E-state index contributed by atoms with van der Waals surface area (Å²) >= 11 is 0. The zero-order valence-electron chi connectivity index (χ0n) is 10.9. The van der Waals surface area contributed by atoms with Crippen LogP contribution in [-0.4, -0.2) is 39.2 Å². The Hall–Kier alpha value is -1.43. The van der Waals surface area contributed by atoms with Crippen LogP contribution in [0.1, 0.15) is 48.8 Å². The van der Waals surface area contributed by atoms with Gasteiger partial charge in [-0.05, 0) is 31.8 Å². The minimum Gasteiger partial charge on any atom is -0.476 e. The molecule has 2 N–H and O–H groups in total. The van der Waals surface area contributed by atoms with E-state index < -0.39 is 5.97 Å². The third-order valence-corrected chi connectivity index (χ3v) is 3.24. The number of aromatic nitrogens is 3. The van der Waals surface area contributed by atoms with Crippen molar-refractivity contribution in [3.63, 3.8) is 0 Å². The van der Waals surface area contributed by atoms with Crippen LogP contribution in [0.2, 0.25) is 0 Å². The van der Waals surface area contributed by atoms with Gasteiger partial charge in [-0.15, -0.1) is 5.10 Å². The summed E-state index contributed by atoms with van der Waals surface area (Å²) in [6.07, 6.45) is 1.90. The van der Waals surface area contributed by atoms with E-state index in [0.717, 1.165) is 38.2 Å². The van der Waals surface area contributed by atoms with Gasteiger partial charge >= 0.3 is 5.97 Å². The molecule has 6 heteroatoms. The van der Waals surface area contributed by atoms with Crippen LogP contribution in [0.3, 0.4) is 0 Å². The minimum absolute atomic E-state index is 0.127. The number of aromatic carboxylic acids is 1. The van der Waals surface area contributed by atoms with E-state index in [4.69, 9.17) is 0 Å². The van der Waals surface area contributed by atoms with E-state index in [1.165, 1.54) is 0 Å². The lowest BCUT2D eigenvalue weighted by atomic mass is 9.93. The van der Waals surface area contributed by atoms with Gasteiger partial charge in [0.2, 0.25) is 0 Å². The first-order valence-electron chi connectivity index (χ1n) is 6.47. The highest BCUT2D eigenvalue weighted by molar-refractivity contribution is 5.86. The Balaban J connectivity index is 2.32. The summed E-state index contributed by atoms with van der Waals surface area (Å²) in [7, 11) is 0. The highest BCUT2D eigenvalue weighted by Crippen LogP contribution is 2.27. The maximum atomic E-state index is 11.2. The Morgan fingerprint density at radius 3 is 2.72 bits per heavy atom. The van der Waals surface area contributed by atoms with Crippen molar-refractivity contribution in [1.29, 1.82) is 0 Å². The van der Waals surface area contributed by atoms with Crippen LogP contribution in [0.25, 0.3) is 0 Å². The van der Waals surface area contributed by atoms with E-state index in [1.54, 1.807) is 4.68 Å². The van der Waals surface area contributed by atoms with Crippen molar-refractivity contribution in [2.24, 2.45) is 5.92 Å². The van der Waals surface area contributed by atoms with E-state index in [0.29, 0.717) is 5.92 Å². The Bertz CT molecular complexity index is 422. The van der Waals surface area contributed by atoms with Crippen LogP contribution < -0.4 is 5.32 Å². The highest BCUT2D eigenvalue weighted by atomic mass is 16.4. The molecule has 0 atom stereocenters. The molecule has 0 unspecified atom stereocenters. The average Bonchev–Trinajstić information content (AvgIpc) is 2.73. The maximum absolute atomic E-state index is 11.2. The van der Waals surface area contributed by atoms with Gasteiger partial charge in [-0.1, -0.05) is 19.1 Å². The molecule has 18 heavy (non-hydrogen) atoms. The van der Waals surface area contributed by atoms with Crippen LogP contribution in [0.15, 0.2) is 0 Å². The molecule has 2 heterocycles. The fraction of sp³-hybridized carbons (Fsp3) is 0.750. The number of carboxylic acids is 1. The molecule has 0 amide bonds. The maximum Gasteiger partial charge on any atom is 0.358 e. The van der Waals surface area contributed by atoms with Gasteiger partial charge in [-0.25, -0.2) is 9.48 Å². The van der Waals surface area contributed by atoms with Crippen molar-refractivity contribution in [2.75, 3.05) is 13.1 Å². The summed E-state index contributed by atoms with van der Waals surface area (Å²) in [6.45, 7) is 6.76. The number of rotatable bonds is 4. The number of nitrogens with zero attached hydrogens (tertiary/aromatic N) is 3. The largest absolute Gasteiger partial charge is 0.476 e. The predicted molar refractivity (Wildman–Crippen MR) is 66.7 cm³/mol. The van der Waals surface area contributed by atoms with E-state index >= 15 is 0 Å². The molecule has 1 fully saturated rings.